The minimum absolute atomic E-state index is 0.0300. The molecule has 0 saturated heterocycles. The summed E-state index contributed by atoms with van der Waals surface area (Å²) in [5.74, 6) is -0.0322. The molecule has 1 atom stereocenters. The highest BCUT2D eigenvalue weighted by molar-refractivity contribution is 5.94. The first-order chi connectivity index (χ1) is 12.1. The number of rotatable bonds is 8. The fourth-order valence-corrected chi connectivity index (χ4v) is 2.37. The highest BCUT2D eigenvalue weighted by Crippen LogP contribution is 2.06. The van der Waals surface area contributed by atoms with Crippen LogP contribution in [0.4, 0.5) is 0 Å². The average Bonchev–Trinajstić information content (AvgIpc) is 2.65. The van der Waals surface area contributed by atoms with Crippen molar-refractivity contribution in [1.29, 1.82) is 0 Å². The molecule has 2 amide bonds. The molecule has 4 nitrogen and oxygen atoms in total. The summed E-state index contributed by atoms with van der Waals surface area (Å²) in [6, 6.07) is 17.5. The van der Waals surface area contributed by atoms with E-state index < -0.39 is 0 Å². The molecule has 0 unspecified atom stereocenters. The predicted octanol–water partition coefficient (Wildman–Crippen LogP) is 3.46. The first kappa shape index (κ1) is 18.7. The van der Waals surface area contributed by atoms with Crippen molar-refractivity contribution in [3.8, 4) is 0 Å². The standard InChI is InChI=1S/C21H26N2O2/c1-3-16(2)23-21(25)19-12-9-18(10-13-19)15-22-20(24)14-11-17-7-5-4-6-8-17/h4-10,12-13,16H,3,11,14-15H2,1-2H3,(H,22,24)(H,23,25)/t16-/m1/s1. The van der Waals surface area contributed by atoms with Crippen LogP contribution in [0.1, 0.15) is 48.2 Å². The first-order valence-corrected chi connectivity index (χ1v) is 8.79. The molecule has 0 aliphatic heterocycles. The lowest BCUT2D eigenvalue weighted by molar-refractivity contribution is -0.121. The summed E-state index contributed by atoms with van der Waals surface area (Å²) in [4.78, 5) is 24.0. The van der Waals surface area contributed by atoms with Crippen molar-refractivity contribution >= 4 is 11.8 Å². The van der Waals surface area contributed by atoms with Gasteiger partial charge in [-0.25, -0.2) is 0 Å². The van der Waals surface area contributed by atoms with E-state index in [1.807, 2.05) is 56.3 Å². The summed E-state index contributed by atoms with van der Waals surface area (Å²) in [5, 5.41) is 5.86. The topological polar surface area (TPSA) is 58.2 Å². The summed E-state index contributed by atoms with van der Waals surface area (Å²) in [5.41, 5.74) is 2.78. The zero-order valence-corrected chi connectivity index (χ0v) is 14.9. The predicted molar refractivity (Wildman–Crippen MR) is 100 cm³/mol. The molecule has 2 aromatic carbocycles. The lowest BCUT2D eigenvalue weighted by Gasteiger charge is -2.11. The molecule has 132 valence electrons. The molecule has 0 heterocycles. The van der Waals surface area contributed by atoms with Crippen molar-refractivity contribution < 1.29 is 9.59 Å². The van der Waals surface area contributed by atoms with Gasteiger partial charge in [-0.3, -0.25) is 9.59 Å². The Morgan fingerprint density at radius 1 is 0.960 bits per heavy atom. The van der Waals surface area contributed by atoms with Crippen LogP contribution < -0.4 is 10.6 Å². The molecule has 0 aromatic heterocycles. The van der Waals surface area contributed by atoms with Crippen LogP contribution in [0, 0.1) is 0 Å². The van der Waals surface area contributed by atoms with Gasteiger partial charge in [0.25, 0.3) is 5.91 Å². The van der Waals surface area contributed by atoms with Crippen molar-refractivity contribution in [3.05, 3.63) is 71.3 Å². The number of carbonyl (C=O) groups excluding carboxylic acids is 2. The SMILES string of the molecule is CC[C@@H](C)NC(=O)c1ccc(CNC(=O)CCc2ccccc2)cc1. The monoisotopic (exact) mass is 338 g/mol. The second kappa shape index (κ2) is 9.62. The smallest absolute Gasteiger partial charge is 0.251 e. The second-order valence-electron chi connectivity index (χ2n) is 6.24. The van der Waals surface area contributed by atoms with Gasteiger partial charge >= 0.3 is 0 Å². The van der Waals surface area contributed by atoms with Gasteiger partial charge in [-0.1, -0.05) is 49.4 Å². The van der Waals surface area contributed by atoms with Crippen LogP contribution in [0.3, 0.4) is 0 Å². The van der Waals surface area contributed by atoms with Crippen LogP contribution in [0.15, 0.2) is 54.6 Å². The Labute approximate surface area is 149 Å². The molecule has 4 heteroatoms. The van der Waals surface area contributed by atoms with Gasteiger partial charge in [-0.05, 0) is 43.0 Å². The number of benzene rings is 2. The van der Waals surface area contributed by atoms with Crippen molar-refractivity contribution in [2.24, 2.45) is 0 Å². The van der Waals surface area contributed by atoms with E-state index in [1.54, 1.807) is 12.1 Å². The fourth-order valence-electron chi connectivity index (χ4n) is 2.37. The van der Waals surface area contributed by atoms with Gasteiger partial charge in [0.05, 0.1) is 0 Å². The number of nitrogens with one attached hydrogen (secondary N) is 2. The summed E-state index contributed by atoms with van der Waals surface area (Å²) in [6.45, 7) is 4.49. The molecule has 2 aromatic rings. The van der Waals surface area contributed by atoms with Gasteiger partial charge in [-0.15, -0.1) is 0 Å². The highest BCUT2D eigenvalue weighted by Gasteiger charge is 2.08. The van der Waals surface area contributed by atoms with E-state index in [2.05, 4.69) is 10.6 Å². The third-order valence-electron chi connectivity index (χ3n) is 4.18. The second-order valence-corrected chi connectivity index (χ2v) is 6.24. The molecule has 0 saturated carbocycles. The summed E-state index contributed by atoms with van der Waals surface area (Å²) in [7, 11) is 0. The Kier molecular flexibility index (Phi) is 7.20. The molecule has 0 aliphatic carbocycles. The van der Waals surface area contributed by atoms with Crippen LogP contribution in [-0.4, -0.2) is 17.9 Å². The minimum atomic E-state index is -0.0622. The fraction of sp³-hybridized carbons (Fsp3) is 0.333. The van der Waals surface area contributed by atoms with E-state index >= 15 is 0 Å². The number of carbonyl (C=O) groups is 2. The molecule has 2 rings (SSSR count). The van der Waals surface area contributed by atoms with Gasteiger partial charge in [0.1, 0.15) is 0 Å². The maximum Gasteiger partial charge on any atom is 0.251 e. The lowest BCUT2D eigenvalue weighted by Crippen LogP contribution is -2.31. The average molecular weight is 338 g/mol. The molecular formula is C21H26N2O2. The van der Waals surface area contributed by atoms with Crippen molar-refractivity contribution in [2.75, 3.05) is 0 Å². The Bertz CT molecular complexity index is 681. The lowest BCUT2D eigenvalue weighted by atomic mass is 10.1. The Morgan fingerprint density at radius 2 is 1.64 bits per heavy atom. The maximum absolute atomic E-state index is 12.0. The molecule has 2 N–H and O–H groups in total. The quantitative estimate of drug-likeness (QED) is 0.774. The van der Waals surface area contributed by atoms with Gasteiger partial charge < -0.3 is 10.6 Å². The van der Waals surface area contributed by atoms with E-state index in [-0.39, 0.29) is 17.9 Å². The zero-order valence-electron chi connectivity index (χ0n) is 14.9. The van der Waals surface area contributed by atoms with Crippen LogP contribution in [0.25, 0.3) is 0 Å². The van der Waals surface area contributed by atoms with E-state index in [0.717, 1.165) is 24.0 Å². The summed E-state index contributed by atoms with van der Waals surface area (Å²) >= 11 is 0. The maximum atomic E-state index is 12.0. The first-order valence-electron chi connectivity index (χ1n) is 8.79. The number of aryl methyl sites for hydroxylation is 1. The van der Waals surface area contributed by atoms with Gasteiger partial charge in [0.2, 0.25) is 5.91 Å². The van der Waals surface area contributed by atoms with Crippen LogP contribution in [0.2, 0.25) is 0 Å². The van der Waals surface area contributed by atoms with Crippen LogP contribution in [-0.2, 0) is 17.8 Å². The Balaban J connectivity index is 1.77. The molecule has 25 heavy (non-hydrogen) atoms. The third kappa shape index (κ3) is 6.42. The molecule has 0 radical (unpaired) electrons. The van der Waals surface area contributed by atoms with E-state index in [1.165, 1.54) is 0 Å². The van der Waals surface area contributed by atoms with Crippen molar-refractivity contribution in [3.63, 3.8) is 0 Å². The largest absolute Gasteiger partial charge is 0.352 e. The molecular weight excluding hydrogens is 312 g/mol. The molecule has 0 bridgehead atoms. The number of hydrogen-bond acceptors (Lipinski definition) is 2. The highest BCUT2D eigenvalue weighted by atomic mass is 16.2. The van der Waals surface area contributed by atoms with Crippen molar-refractivity contribution in [1.82, 2.24) is 10.6 Å². The normalized spacial score (nSPS) is 11.6. The molecule has 0 spiro atoms. The molecule has 0 fully saturated rings. The Hall–Kier alpha value is -2.62. The van der Waals surface area contributed by atoms with Gasteiger partial charge in [0, 0.05) is 24.6 Å². The third-order valence-corrected chi connectivity index (χ3v) is 4.18. The Morgan fingerprint density at radius 3 is 2.28 bits per heavy atom. The van der Waals surface area contributed by atoms with Gasteiger partial charge in [-0.2, -0.15) is 0 Å². The molecule has 0 aliphatic rings. The summed E-state index contributed by atoms with van der Waals surface area (Å²) in [6.07, 6.45) is 2.11. The number of hydrogen-bond donors (Lipinski definition) is 2. The van der Waals surface area contributed by atoms with Crippen LogP contribution >= 0.6 is 0 Å². The van der Waals surface area contributed by atoms with Crippen molar-refractivity contribution in [2.45, 2.75) is 45.7 Å². The van der Waals surface area contributed by atoms with E-state index in [0.29, 0.717) is 18.5 Å². The van der Waals surface area contributed by atoms with E-state index in [4.69, 9.17) is 0 Å². The minimum Gasteiger partial charge on any atom is -0.352 e. The van der Waals surface area contributed by atoms with E-state index in [9.17, 15) is 9.59 Å². The van der Waals surface area contributed by atoms with Crippen LogP contribution in [0.5, 0.6) is 0 Å². The number of amides is 2. The van der Waals surface area contributed by atoms with Gasteiger partial charge in [0.15, 0.2) is 0 Å². The summed E-state index contributed by atoms with van der Waals surface area (Å²) < 4.78 is 0. The zero-order chi connectivity index (χ0) is 18.1.